The molecular formula is C18H29IN4. The van der Waals surface area contributed by atoms with Gasteiger partial charge in [-0.15, -0.1) is 24.0 Å². The van der Waals surface area contributed by atoms with E-state index >= 15 is 0 Å². The molecule has 0 radical (unpaired) electrons. The maximum absolute atomic E-state index is 4.30. The van der Waals surface area contributed by atoms with E-state index in [4.69, 9.17) is 0 Å². The summed E-state index contributed by atoms with van der Waals surface area (Å²) in [5, 5.41) is 8.13. The predicted molar refractivity (Wildman–Crippen MR) is 111 cm³/mol. The highest BCUT2D eigenvalue weighted by Gasteiger charge is 2.06. The summed E-state index contributed by atoms with van der Waals surface area (Å²) in [6.07, 6.45) is 5.49. The average Bonchev–Trinajstić information content (AvgIpc) is 2.97. The van der Waals surface area contributed by atoms with Gasteiger partial charge in [-0.2, -0.15) is 0 Å². The summed E-state index contributed by atoms with van der Waals surface area (Å²) < 4.78 is 0. The number of aromatic nitrogens is 1. The van der Waals surface area contributed by atoms with Crippen LogP contribution < -0.4 is 10.6 Å². The van der Waals surface area contributed by atoms with Crippen LogP contribution in [0.1, 0.15) is 32.3 Å². The second kappa shape index (κ2) is 10.5. The van der Waals surface area contributed by atoms with Crippen LogP contribution in [-0.4, -0.2) is 31.1 Å². The van der Waals surface area contributed by atoms with Gasteiger partial charge < -0.3 is 15.6 Å². The van der Waals surface area contributed by atoms with Gasteiger partial charge in [-0.05, 0) is 24.0 Å². The smallest absolute Gasteiger partial charge is 0.190 e. The molecular weight excluding hydrogens is 399 g/mol. The fraction of sp³-hybridized carbons (Fsp3) is 0.500. The summed E-state index contributed by atoms with van der Waals surface area (Å²) in [7, 11) is 1.83. The first-order valence-electron chi connectivity index (χ1n) is 8.28. The Bertz CT molecular complexity index is 602. The zero-order valence-corrected chi connectivity index (χ0v) is 16.7. The fourth-order valence-electron chi connectivity index (χ4n) is 2.69. The lowest BCUT2D eigenvalue weighted by atomic mass is 10.0. The third-order valence-electron chi connectivity index (χ3n) is 4.30. The third kappa shape index (κ3) is 5.71. The molecule has 0 bridgehead atoms. The Labute approximate surface area is 156 Å². The molecule has 0 aliphatic rings. The van der Waals surface area contributed by atoms with Gasteiger partial charge in [0.1, 0.15) is 0 Å². The standard InChI is InChI=1S/C18H28N4.HI/c1-4-14(5-2)12-22-18(19-3)20-11-10-15-13-21-17-9-7-6-8-16(15)17;/h6-9,13-14,21H,4-5,10-12H2,1-3H3,(H2,19,20,22);1H. The van der Waals surface area contributed by atoms with Gasteiger partial charge in [0.2, 0.25) is 0 Å². The van der Waals surface area contributed by atoms with E-state index in [-0.39, 0.29) is 24.0 Å². The van der Waals surface area contributed by atoms with Crippen molar-refractivity contribution in [1.82, 2.24) is 15.6 Å². The van der Waals surface area contributed by atoms with E-state index in [0.29, 0.717) is 5.92 Å². The number of hydrogen-bond acceptors (Lipinski definition) is 1. The molecule has 0 aliphatic carbocycles. The highest BCUT2D eigenvalue weighted by molar-refractivity contribution is 14.0. The number of guanidine groups is 1. The van der Waals surface area contributed by atoms with Gasteiger partial charge in [-0.1, -0.05) is 44.9 Å². The number of aromatic amines is 1. The Morgan fingerprint density at radius 1 is 1.17 bits per heavy atom. The highest BCUT2D eigenvalue weighted by Crippen LogP contribution is 2.17. The number of nitrogens with zero attached hydrogens (tertiary/aromatic N) is 1. The number of nitrogens with one attached hydrogen (secondary N) is 3. The van der Waals surface area contributed by atoms with Crippen molar-refractivity contribution in [1.29, 1.82) is 0 Å². The van der Waals surface area contributed by atoms with Crippen LogP contribution in [0.25, 0.3) is 10.9 Å². The topological polar surface area (TPSA) is 52.2 Å². The van der Waals surface area contributed by atoms with Gasteiger partial charge in [0.15, 0.2) is 5.96 Å². The minimum absolute atomic E-state index is 0. The van der Waals surface area contributed by atoms with Gasteiger partial charge >= 0.3 is 0 Å². The molecule has 1 aromatic carbocycles. The van der Waals surface area contributed by atoms with Crippen molar-refractivity contribution >= 4 is 40.8 Å². The minimum atomic E-state index is 0. The number of benzene rings is 1. The summed E-state index contributed by atoms with van der Waals surface area (Å²) in [6, 6.07) is 8.43. The number of para-hydroxylation sites is 1. The van der Waals surface area contributed by atoms with Gasteiger partial charge in [0.25, 0.3) is 0 Å². The Morgan fingerprint density at radius 2 is 1.91 bits per heavy atom. The van der Waals surface area contributed by atoms with E-state index in [9.17, 15) is 0 Å². The molecule has 0 saturated heterocycles. The van der Waals surface area contributed by atoms with Crippen LogP contribution in [0.5, 0.6) is 0 Å². The van der Waals surface area contributed by atoms with E-state index in [0.717, 1.165) is 25.5 Å². The monoisotopic (exact) mass is 428 g/mol. The lowest BCUT2D eigenvalue weighted by Gasteiger charge is -2.16. The molecule has 0 amide bonds. The molecule has 0 aliphatic heterocycles. The van der Waals surface area contributed by atoms with Crippen LogP contribution in [0, 0.1) is 5.92 Å². The highest BCUT2D eigenvalue weighted by atomic mass is 127. The summed E-state index contributed by atoms with van der Waals surface area (Å²) in [5.74, 6) is 1.61. The lowest BCUT2D eigenvalue weighted by Crippen LogP contribution is -2.40. The van der Waals surface area contributed by atoms with Gasteiger partial charge in [-0.3, -0.25) is 4.99 Å². The van der Waals surface area contributed by atoms with Crippen LogP contribution in [0.15, 0.2) is 35.5 Å². The molecule has 1 heterocycles. The molecule has 5 heteroatoms. The molecule has 0 fully saturated rings. The van der Waals surface area contributed by atoms with Crippen molar-refractivity contribution in [3.8, 4) is 0 Å². The molecule has 3 N–H and O–H groups in total. The van der Waals surface area contributed by atoms with Crippen LogP contribution >= 0.6 is 24.0 Å². The molecule has 2 rings (SSSR count). The zero-order chi connectivity index (χ0) is 15.8. The molecule has 23 heavy (non-hydrogen) atoms. The number of H-pyrrole nitrogens is 1. The summed E-state index contributed by atoms with van der Waals surface area (Å²) in [4.78, 5) is 7.62. The molecule has 2 aromatic rings. The van der Waals surface area contributed by atoms with Crippen LogP contribution in [0.3, 0.4) is 0 Å². The average molecular weight is 428 g/mol. The second-order valence-electron chi connectivity index (χ2n) is 5.67. The van der Waals surface area contributed by atoms with E-state index < -0.39 is 0 Å². The van der Waals surface area contributed by atoms with Gasteiger partial charge in [-0.25, -0.2) is 0 Å². The number of fused-ring (bicyclic) bond motifs is 1. The summed E-state index contributed by atoms with van der Waals surface area (Å²) in [6.45, 7) is 6.34. The van der Waals surface area contributed by atoms with Crippen LogP contribution in [-0.2, 0) is 6.42 Å². The summed E-state index contributed by atoms with van der Waals surface area (Å²) in [5.41, 5.74) is 2.55. The number of rotatable bonds is 7. The van der Waals surface area contributed by atoms with E-state index in [1.165, 1.54) is 29.3 Å². The predicted octanol–water partition coefficient (Wildman–Crippen LogP) is 3.93. The number of hydrogen-bond donors (Lipinski definition) is 3. The van der Waals surface area contributed by atoms with Crippen molar-refractivity contribution in [3.63, 3.8) is 0 Å². The largest absolute Gasteiger partial charge is 0.361 e. The zero-order valence-electron chi connectivity index (χ0n) is 14.4. The Hall–Kier alpha value is -1.24. The quantitative estimate of drug-likeness (QED) is 0.356. The number of aliphatic imine (C=N–C) groups is 1. The minimum Gasteiger partial charge on any atom is -0.361 e. The van der Waals surface area contributed by atoms with Crippen molar-refractivity contribution in [2.45, 2.75) is 33.1 Å². The molecule has 1 aromatic heterocycles. The van der Waals surface area contributed by atoms with Crippen molar-refractivity contribution in [3.05, 3.63) is 36.0 Å². The van der Waals surface area contributed by atoms with Crippen LogP contribution in [0.2, 0.25) is 0 Å². The molecule has 0 atom stereocenters. The first kappa shape index (κ1) is 19.8. The fourth-order valence-corrected chi connectivity index (χ4v) is 2.69. The molecule has 0 saturated carbocycles. The summed E-state index contributed by atoms with van der Waals surface area (Å²) >= 11 is 0. The Balaban J connectivity index is 0.00000264. The third-order valence-corrected chi connectivity index (χ3v) is 4.30. The Kier molecular flexibility index (Phi) is 9.06. The first-order valence-corrected chi connectivity index (χ1v) is 8.28. The normalized spacial score (nSPS) is 11.6. The van der Waals surface area contributed by atoms with Crippen molar-refractivity contribution in [2.75, 3.05) is 20.1 Å². The first-order chi connectivity index (χ1) is 10.8. The van der Waals surface area contributed by atoms with E-state index in [1.807, 2.05) is 7.05 Å². The van der Waals surface area contributed by atoms with Crippen molar-refractivity contribution < 1.29 is 0 Å². The molecule has 128 valence electrons. The maximum Gasteiger partial charge on any atom is 0.190 e. The van der Waals surface area contributed by atoms with Gasteiger partial charge in [0.05, 0.1) is 0 Å². The van der Waals surface area contributed by atoms with E-state index in [2.05, 4.69) is 64.9 Å². The second-order valence-corrected chi connectivity index (χ2v) is 5.67. The van der Waals surface area contributed by atoms with Gasteiger partial charge in [0, 0.05) is 37.2 Å². The number of halogens is 1. The molecule has 0 spiro atoms. The molecule has 0 unspecified atom stereocenters. The lowest BCUT2D eigenvalue weighted by molar-refractivity contribution is 0.481. The van der Waals surface area contributed by atoms with Crippen LogP contribution in [0.4, 0.5) is 0 Å². The van der Waals surface area contributed by atoms with Crippen molar-refractivity contribution in [2.24, 2.45) is 10.9 Å². The Morgan fingerprint density at radius 3 is 2.61 bits per heavy atom. The molecule has 4 nitrogen and oxygen atoms in total. The maximum atomic E-state index is 4.30. The SMILES string of the molecule is CCC(CC)CNC(=NC)NCCc1c[nH]c2ccccc12.I. The van der Waals surface area contributed by atoms with E-state index in [1.54, 1.807) is 0 Å².